The van der Waals surface area contributed by atoms with Crippen LogP contribution in [0.2, 0.25) is 5.02 Å². The average Bonchev–Trinajstić information content (AvgIpc) is 2.85. The van der Waals surface area contributed by atoms with E-state index in [1.807, 2.05) is 20.8 Å². The molecular weight excluding hydrogens is 470 g/mol. The zero-order chi connectivity index (χ0) is 24.7. The second-order valence-corrected chi connectivity index (χ2v) is 10.1. The molecule has 0 atom stereocenters. The predicted molar refractivity (Wildman–Crippen MR) is 138 cm³/mol. The number of rotatable bonds is 9. The molecule has 0 aromatic heterocycles. The molecule has 178 valence electrons. The summed E-state index contributed by atoms with van der Waals surface area (Å²) in [4.78, 5) is 12.6. The Morgan fingerprint density at radius 2 is 1.62 bits per heavy atom. The van der Waals surface area contributed by atoms with Gasteiger partial charge in [-0.1, -0.05) is 61.8 Å². The fourth-order valence-corrected chi connectivity index (χ4v) is 5.10. The summed E-state index contributed by atoms with van der Waals surface area (Å²) in [6.07, 6.45) is 1.54. The number of nitrogens with one attached hydrogen (secondary N) is 1. The highest BCUT2D eigenvalue weighted by molar-refractivity contribution is 7.92. The number of carbonyl (C=O) groups is 1. The first kappa shape index (κ1) is 25.5. The molecule has 0 unspecified atom stereocenters. The molecule has 6 nitrogen and oxygen atoms in total. The van der Waals surface area contributed by atoms with Gasteiger partial charge in [0.1, 0.15) is 0 Å². The zero-order valence-electron chi connectivity index (χ0n) is 19.5. The van der Waals surface area contributed by atoms with Crippen LogP contribution in [-0.4, -0.2) is 20.0 Å². The minimum atomic E-state index is -3.86. The predicted octanol–water partition coefficient (Wildman–Crippen LogP) is 5.95. The van der Waals surface area contributed by atoms with Crippen LogP contribution in [0.25, 0.3) is 0 Å². The van der Waals surface area contributed by atoms with E-state index in [0.717, 1.165) is 29.7 Å². The quantitative estimate of drug-likeness (QED) is 0.293. The molecule has 0 bridgehead atoms. The summed E-state index contributed by atoms with van der Waals surface area (Å²) in [5.41, 5.74) is 5.92. The lowest BCUT2D eigenvalue weighted by molar-refractivity contribution is 0.0954. The van der Waals surface area contributed by atoms with Crippen molar-refractivity contribution < 1.29 is 13.2 Å². The van der Waals surface area contributed by atoms with E-state index in [9.17, 15) is 13.2 Å². The Labute approximate surface area is 206 Å². The van der Waals surface area contributed by atoms with E-state index >= 15 is 0 Å². The van der Waals surface area contributed by atoms with Crippen molar-refractivity contribution in [3.63, 3.8) is 0 Å². The van der Waals surface area contributed by atoms with E-state index in [2.05, 4.69) is 10.5 Å². The van der Waals surface area contributed by atoms with Gasteiger partial charge in [0.2, 0.25) is 0 Å². The van der Waals surface area contributed by atoms with Crippen molar-refractivity contribution in [2.24, 2.45) is 5.10 Å². The summed E-state index contributed by atoms with van der Waals surface area (Å²) in [5.74, 6) is -0.314. The van der Waals surface area contributed by atoms with Crippen LogP contribution in [0, 0.1) is 6.92 Å². The third-order valence-electron chi connectivity index (χ3n) is 5.45. The number of hydrogen-bond donors (Lipinski definition) is 1. The molecule has 3 aromatic rings. The molecular formula is C26H28ClN3O3S. The van der Waals surface area contributed by atoms with E-state index in [0.29, 0.717) is 16.3 Å². The average molecular weight is 498 g/mol. The summed E-state index contributed by atoms with van der Waals surface area (Å²) >= 11 is 6.21. The number of amides is 1. The highest BCUT2D eigenvalue weighted by atomic mass is 35.5. The van der Waals surface area contributed by atoms with Gasteiger partial charge in [-0.3, -0.25) is 9.10 Å². The second kappa shape index (κ2) is 11.3. The van der Waals surface area contributed by atoms with Crippen LogP contribution in [0.3, 0.4) is 0 Å². The van der Waals surface area contributed by atoms with Crippen molar-refractivity contribution in [3.8, 4) is 0 Å². The van der Waals surface area contributed by atoms with Crippen molar-refractivity contribution >= 4 is 38.9 Å². The Bertz CT molecular complexity index is 1270. The van der Waals surface area contributed by atoms with Crippen LogP contribution in [0.5, 0.6) is 0 Å². The Morgan fingerprint density at radius 3 is 2.24 bits per heavy atom. The summed E-state index contributed by atoms with van der Waals surface area (Å²) in [6, 6.07) is 20.3. The van der Waals surface area contributed by atoms with Gasteiger partial charge in [-0.15, -0.1) is 0 Å². The largest absolute Gasteiger partial charge is 0.271 e. The van der Waals surface area contributed by atoms with E-state index in [1.165, 1.54) is 4.31 Å². The van der Waals surface area contributed by atoms with Gasteiger partial charge in [0.25, 0.3) is 15.9 Å². The fourth-order valence-electron chi connectivity index (χ4n) is 3.40. The Morgan fingerprint density at radius 1 is 0.971 bits per heavy atom. The molecule has 0 aliphatic carbocycles. The van der Waals surface area contributed by atoms with Crippen molar-refractivity contribution in [2.75, 3.05) is 4.31 Å². The number of nitrogens with zero attached hydrogens (tertiary/aromatic N) is 2. The Kier molecular flexibility index (Phi) is 8.47. The van der Waals surface area contributed by atoms with Crippen LogP contribution in [0.1, 0.15) is 48.2 Å². The lowest BCUT2D eigenvalue weighted by Gasteiger charge is -2.26. The smallest absolute Gasteiger partial charge is 0.267 e. The van der Waals surface area contributed by atoms with Gasteiger partial charge in [-0.25, -0.2) is 13.8 Å². The van der Waals surface area contributed by atoms with Gasteiger partial charge in [-0.05, 0) is 67.3 Å². The molecule has 3 aromatic carbocycles. The van der Waals surface area contributed by atoms with Crippen molar-refractivity contribution in [3.05, 3.63) is 94.5 Å². The fraction of sp³-hybridized carbons (Fsp3) is 0.231. The minimum absolute atomic E-state index is 0.0777. The van der Waals surface area contributed by atoms with E-state index in [-0.39, 0.29) is 17.3 Å². The minimum Gasteiger partial charge on any atom is -0.267 e. The first-order chi connectivity index (χ1) is 16.3. The van der Waals surface area contributed by atoms with Crippen LogP contribution in [-0.2, 0) is 16.6 Å². The number of aryl methyl sites for hydroxylation is 1. The first-order valence-electron chi connectivity index (χ1n) is 11.0. The number of hydrazone groups is 1. The number of carbonyl (C=O) groups excluding carboxylic acids is 1. The number of benzene rings is 3. The van der Waals surface area contributed by atoms with Gasteiger partial charge in [-0.2, -0.15) is 5.10 Å². The summed E-state index contributed by atoms with van der Waals surface area (Å²) in [7, 11) is -3.86. The summed E-state index contributed by atoms with van der Waals surface area (Å²) in [6.45, 7) is 5.89. The second-order valence-electron chi connectivity index (χ2n) is 7.78. The van der Waals surface area contributed by atoms with E-state index in [1.54, 1.807) is 72.8 Å². The maximum Gasteiger partial charge on any atom is 0.271 e. The van der Waals surface area contributed by atoms with Gasteiger partial charge in [0.05, 0.1) is 17.1 Å². The Hall–Kier alpha value is -3.16. The van der Waals surface area contributed by atoms with Gasteiger partial charge < -0.3 is 0 Å². The lowest BCUT2D eigenvalue weighted by atomic mass is 10.1. The summed E-state index contributed by atoms with van der Waals surface area (Å²) < 4.78 is 28.5. The zero-order valence-corrected chi connectivity index (χ0v) is 21.0. The first-order valence-corrected chi connectivity index (χ1v) is 12.9. The molecule has 0 radical (unpaired) electrons. The normalized spacial score (nSPS) is 11.1. The third-order valence-corrected chi connectivity index (χ3v) is 7.45. The SMILES string of the molecule is CCC(CC)=NNC(=O)c1ccc(CN(c2cc(Cl)ccc2C)S(=O)(=O)c2ccccc2)cc1. The number of anilines is 1. The standard InChI is InChI=1S/C26H28ClN3O3S/c1-4-23(5-2)28-29-26(31)21-14-12-20(13-15-21)18-30(25-17-22(27)16-11-19(25)3)34(32,33)24-9-7-6-8-10-24/h6-17H,4-5,18H2,1-3H3,(H,29,31). The molecule has 0 spiro atoms. The molecule has 0 heterocycles. The van der Waals surface area contributed by atoms with Crippen LogP contribution in [0.4, 0.5) is 5.69 Å². The van der Waals surface area contributed by atoms with Crippen molar-refractivity contribution in [1.82, 2.24) is 5.43 Å². The van der Waals surface area contributed by atoms with Gasteiger partial charge in [0.15, 0.2) is 0 Å². The third kappa shape index (κ3) is 6.04. The van der Waals surface area contributed by atoms with Crippen LogP contribution >= 0.6 is 11.6 Å². The molecule has 8 heteroatoms. The highest BCUT2D eigenvalue weighted by Gasteiger charge is 2.26. The van der Waals surface area contributed by atoms with Gasteiger partial charge in [0, 0.05) is 16.3 Å². The maximum absolute atomic E-state index is 13.6. The van der Waals surface area contributed by atoms with Gasteiger partial charge >= 0.3 is 0 Å². The molecule has 1 amide bonds. The number of sulfonamides is 1. The molecule has 1 N–H and O–H groups in total. The van der Waals surface area contributed by atoms with Crippen molar-refractivity contribution in [2.45, 2.75) is 45.1 Å². The topological polar surface area (TPSA) is 78.8 Å². The maximum atomic E-state index is 13.6. The highest BCUT2D eigenvalue weighted by Crippen LogP contribution is 2.31. The number of hydrogen-bond acceptors (Lipinski definition) is 4. The molecule has 0 fully saturated rings. The molecule has 0 aliphatic rings. The summed E-state index contributed by atoms with van der Waals surface area (Å²) in [5, 5.41) is 4.59. The molecule has 0 aliphatic heterocycles. The van der Waals surface area contributed by atoms with Crippen LogP contribution < -0.4 is 9.73 Å². The van der Waals surface area contributed by atoms with E-state index in [4.69, 9.17) is 11.6 Å². The molecule has 0 saturated heterocycles. The van der Waals surface area contributed by atoms with E-state index < -0.39 is 10.0 Å². The monoisotopic (exact) mass is 497 g/mol. The number of halogens is 1. The molecule has 0 saturated carbocycles. The molecule has 3 rings (SSSR count). The Balaban J connectivity index is 1.92. The van der Waals surface area contributed by atoms with Crippen LogP contribution in [0.15, 0.2) is 82.8 Å². The lowest BCUT2D eigenvalue weighted by Crippen LogP contribution is -2.31. The van der Waals surface area contributed by atoms with Crippen molar-refractivity contribution in [1.29, 1.82) is 0 Å². The molecule has 34 heavy (non-hydrogen) atoms.